The van der Waals surface area contributed by atoms with E-state index in [2.05, 4.69) is 189 Å². The van der Waals surface area contributed by atoms with Crippen molar-refractivity contribution in [2.75, 3.05) is 0 Å². The SMILES string of the molecule is CC(/C=C(\C=C(/N)c1ccccc1)c1ccccc1)c1ccc(-c2ccc3c(c2)Sc2ccccc2C3(c2ccccc2)c2ccccc2)cc1. The third-order valence-electron chi connectivity index (χ3n) is 10.0. The average Bonchev–Trinajstić information content (AvgIpc) is 3.21. The molecule has 7 aromatic rings. The van der Waals surface area contributed by atoms with Gasteiger partial charge in [0, 0.05) is 15.5 Å². The van der Waals surface area contributed by atoms with Crippen molar-refractivity contribution in [1.29, 1.82) is 0 Å². The highest BCUT2D eigenvalue weighted by molar-refractivity contribution is 7.99. The molecule has 2 heteroatoms. The minimum absolute atomic E-state index is 0.182. The molecule has 0 spiro atoms. The van der Waals surface area contributed by atoms with E-state index >= 15 is 0 Å². The van der Waals surface area contributed by atoms with E-state index < -0.39 is 5.41 Å². The second kappa shape index (κ2) is 14.2. The molecule has 1 atom stereocenters. The Kier molecular flexibility index (Phi) is 9.01. The first-order valence-corrected chi connectivity index (χ1v) is 18.4. The molecule has 51 heavy (non-hydrogen) atoms. The van der Waals surface area contributed by atoms with Crippen molar-refractivity contribution >= 4 is 23.0 Å². The van der Waals surface area contributed by atoms with Gasteiger partial charge in [0.15, 0.2) is 0 Å². The first-order chi connectivity index (χ1) is 25.1. The fourth-order valence-electron chi connectivity index (χ4n) is 7.47. The molecule has 0 aliphatic carbocycles. The Morgan fingerprint density at radius 3 is 1.67 bits per heavy atom. The summed E-state index contributed by atoms with van der Waals surface area (Å²) >= 11 is 1.88. The topological polar surface area (TPSA) is 26.0 Å². The van der Waals surface area contributed by atoms with Crippen LogP contribution < -0.4 is 5.73 Å². The summed E-state index contributed by atoms with van der Waals surface area (Å²) in [7, 11) is 0. The predicted octanol–water partition coefficient (Wildman–Crippen LogP) is 12.4. The second-order valence-electron chi connectivity index (χ2n) is 13.2. The van der Waals surface area contributed by atoms with E-state index in [1.807, 2.05) is 30.0 Å². The predicted molar refractivity (Wildman–Crippen MR) is 216 cm³/mol. The van der Waals surface area contributed by atoms with Crippen LogP contribution in [0, 0.1) is 0 Å². The lowest BCUT2D eigenvalue weighted by atomic mass is 9.64. The maximum absolute atomic E-state index is 6.61. The van der Waals surface area contributed by atoms with E-state index in [-0.39, 0.29) is 5.92 Å². The van der Waals surface area contributed by atoms with Crippen LogP contribution in [0.25, 0.3) is 22.4 Å². The van der Waals surface area contributed by atoms with Gasteiger partial charge < -0.3 is 5.73 Å². The zero-order valence-corrected chi connectivity index (χ0v) is 29.4. The third kappa shape index (κ3) is 6.24. The fourth-order valence-corrected chi connectivity index (χ4v) is 8.71. The van der Waals surface area contributed by atoms with Gasteiger partial charge in [0.2, 0.25) is 0 Å². The maximum Gasteiger partial charge on any atom is 0.0723 e. The Hall–Kier alpha value is -5.83. The molecule has 1 heterocycles. The molecule has 0 fully saturated rings. The number of hydrogen-bond acceptors (Lipinski definition) is 2. The van der Waals surface area contributed by atoms with E-state index in [1.54, 1.807) is 0 Å². The molecule has 2 N–H and O–H groups in total. The van der Waals surface area contributed by atoms with Gasteiger partial charge in [-0.2, -0.15) is 0 Å². The van der Waals surface area contributed by atoms with Gasteiger partial charge in [0.25, 0.3) is 0 Å². The Labute approximate surface area is 305 Å². The van der Waals surface area contributed by atoms with E-state index in [0.29, 0.717) is 0 Å². The van der Waals surface area contributed by atoms with Crippen LogP contribution in [0.2, 0.25) is 0 Å². The molecule has 0 bridgehead atoms. The number of allylic oxidation sites excluding steroid dienone is 3. The fraction of sp³-hybridized carbons (Fsp3) is 0.0612. The Morgan fingerprint density at radius 2 is 1.04 bits per heavy atom. The lowest BCUT2D eigenvalue weighted by Gasteiger charge is -2.42. The number of benzene rings is 7. The molecule has 246 valence electrons. The molecule has 1 unspecified atom stereocenters. The Morgan fingerprint density at radius 1 is 0.529 bits per heavy atom. The van der Waals surface area contributed by atoms with E-state index in [4.69, 9.17) is 5.73 Å². The van der Waals surface area contributed by atoms with Crippen LogP contribution in [-0.4, -0.2) is 0 Å². The maximum atomic E-state index is 6.61. The molecular weight excluding hydrogens is 635 g/mol. The van der Waals surface area contributed by atoms with Gasteiger partial charge in [0.05, 0.1) is 5.41 Å². The van der Waals surface area contributed by atoms with Crippen LogP contribution in [0.15, 0.2) is 210 Å². The van der Waals surface area contributed by atoms with Crippen LogP contribution in [-0.2, 0) is 5.41 Å². The summed E-state index contributed by atoms with van der Waals surface area (Å²) in [4.78, 5) is 2.58. The van der Waals surface area contributed by atoms with Gasteiger partial charge in [-0.15, -0.1) is 0 Å². The third-order valence-corrected chi connectivity index (χ3v) is 11.2. The van der Waals surface area contributed by atoms with Gasteiger partial charge in [-0.05, 0) is 79.8 Å². The largest absolute Gasteiger partial charge is 0.398 e. The molecule has 1 aliphatic heterocycles. The van der Waals surface area contributed by atoms with Crippen molar-refractivity contribution in [2.45, 2.75) is 28.0 Å². The Bertz CT molecular complexity index is 2280. The summed E-state index contributed by atoms with van der Waals surface area (Å²) in [6.07, 6.45) is 4.42. The zero-order chi connectivity index (χ0) is 34.6. The van der Waals surface area contributed by atoms with Crippen molar-refractivity contribution in [2.24, 2.45) is 5.73 Å². The normalized spacial score (nSPS) is 14.3. The highest BCUT2D eigenvalue weighted by Gasteiger charge is 2.44. The molecule has 7 aromatic carbocycles. The van der Waals surface area contributed by atoms with E-state index in [0.717, 1.165) is 22.4 Å². The molecule has 1 aliphatic rings. The molecule has 8 rings (SSSR count). The van der Waals surface area contributed by atoms with Crippen molar-refractivity contribution in [3.05, 3.63) is 239 Å². The molecule has 1 nitrogen and oxygen atoms in total. The van der Waals surface area contributed by atoms with Crippen LogP contribution in [0.3, 0.4) is 0 Å². The lowest BCUT2D eigenvalue weighted by Crippen LogP contribution is -2.34. The monoisotopic (exact) mass is 673 g/mol. The quantitative estimate of drug-likeness (QED) is 0.162. The first kappa shape index (κ1) is 32.4. The molecule has 0 amide bonds. The van der Waals surface area contributed by atoms with Crippen LogP contribution in [0.4, 0.5) is 0 Å². The standard InChI is InChI=1S/C49H39NS/c1-35(32-41(37-16-6-2-7-17-37)33-46(50)39-18-8-3-9-19-39)36-26-28-38(29-27-36)40-30-31-45-48(34-40)51-47-25-15-14-24-44(47)49(45,42-20-10-4-11-21-42)43-22-12-5-13-23-43/h2-35H,50H2,1H3/b41-32+,46-33-. The van der Waals surface area contributed by atoms with Crippen LogP contribution >= 0.6 is 11.8 Å². The summed E-state index contributed by atoms with van der Waals surface area (Å²) in [5, 5.41) is 0. The number of rotatable bonds is 8. The number of hydrogen-bond donors (Lipinski definition) is 1. The summed E-state index contributed by atoms with van der Waals surface area (Å²) in [6.45, 7) is 2.25. The van der Waals surface area contributed by atoms with Gasteiger partial charge >= 0.3 is 0 Å². The number of nitrogens with two attached hydrogens (primary N) is 1. The van der Waals surface area contributed by atoms with Crippen molar-refractivity contribution < 1.29 is 0 Å². The van der Waals surface area contributed by atoms with Crippen LogP contribution in [0.1, 0.15) is 51.8 Å². The zero-order valence-electron chi connectivity index (χ0n) is 28.6. The summed E-state index contributed by atoms with van der Waals surface area (Å²) < 4.78 is 0. The van der Waals surface area contributed by atoms with E-state index in [1.165, 1.54) is 48.7 Å². The van der Waals surface area contributed by atoms with Gasteiger partial charge in [-0.1, -0.05) is 201 Å². The summed E-state index contributed by atoms with van der Waals surface area (Å²) in [6, 6.07) is 67.7. The molecule has 0 saturated heterocycles. The van der Waals surface area contributed by atoms with Gasteiger partial charge in [-0.3, -0.25) is 0 Å². The first-order valence-electron chi connectivity index (χ1n) is 17.5. The van der Waals surface area contributed by atoms with Crippen LogP contribution in [0.5, 0.6) is 0 Å². The molecule has 0 saturated carbocycles. The van der Waals surface area contributed by atoms with Crippen molar-refractivity contribution in [3.63, 3.8) is 0 Å². The number of fused-ring (bicyclic) bond motifs is 2. The van der Waals surface area contributed by atoms with Crippen molar-refractivity contribution in [1.82, 2.24) is 0 Å². The van der Waals surface area contributed by atoms with Crippen molar-refractivity contribution in [3.8, 4) is 11.1 Å². The highest BCUT2D eigenvalue weighted by atomic mass is 32.2. The average molecular weight is 674 g/mol. The summed E-state index contributed by atoms with van der Waals surface area (Å²) in [5.74, 6) is 0.182. The highest BCUT2D eigenvalue weighted by Crippen LogP contribution is 2.56. The van der Waals surface area contributed by atoms with Gasteiger partial charge in [0.1, 0.15) is 0 Å². The molecule has 0 radical (unpaired) electrons. The molecule has 0 aromatic heterocycles. The smallest absolute Gasteiger partial charge is 0.0723 e. The van der Waals surface area contributed by atoms with E-state index in [9.17, 15) is 0 Å². The lowest BCUT2D eigenvalue weighted by molar-refractivity contribution is 0.703. The second-order valence-corrected chi connectivity index (χ2v) is 14.2. The Balaban J connectivity index is 1.16. The summed E-state index contributed by atoms with van der Waals surface area (Å²) in [5.41, 5.74) is 19.1. The minimum Gasteiger partial charge on any atom is -0.398 e. The minimum atomic E-state index is -0.418. The van der Waals surface area contributed by atoms with Gasteiger partial charge in [-0.25, -0.2) is 0 Å². The molecular formula is C49H39NS.